The lowest BCUT2D eigenvalue weighted by atomic mass is 10.2. The van der Waals surface area contributed by atoms with Gasteiger partial charge in [0.05, 0.1) is 12.4 Å². The van der Waals surface area contributed by atoms with Crippen LogP contribution in [0.2, 0.25) is 0 Å². The molecule has 0 saturated heterocycles. The van der Waals surface area contributed by atoms with Gasteiger partial charge >= 0.3 is 0 Å². The lowest BCUT2D eigenvalue weighted by molar-refractivity contribution is 0.0746. The van der Waals surface area contributed by atoms with Crippen LogP contribution < -0.4 is 5.32 Å². The largest absolute Gasteiger partial charge is 0.372 e. The smallest absolute Gasteiger partial charge is 0.274 e. The molecule has 1 N–H and O–H groups in total. The molecule has 6 nitrogen and oxygen atoms in total. The Kier molecular flexibility index (Phi) is 4.60. The number of hydrogen-bond acceptors (Lipinski definition) is 5. The molecule has 2 aromatic rings. The van der Waals surface area contributed by atoms with Crippen LogP contribution in [0.4, 0.5) is 5.82 Å². The van der Waals surface area contributed by atoms with Gasteiger partial charge in [0.2, 0.25) is 0 Å². The number of anilines is 1. The van der Waals surface area contributed by atoms with E-state index in [4.69, 9.17) is 0 Å². The molecule has 20 heavy (non-hydrogen) atoms. The summed E-state index contributed by atoms with van der Waals surface area (Å²) in [5.41, 5.74) is 1.38. The maximum absolute atomic E-state index is 12.4. The molecule has 6 heteroatoms. The highest BCUT2D eigenvalue weighted by molar-refractivity contribution is 5.92. The van der Waals surface area contributed by atoms with Crippen LogP contribution in [0.1, 0.15) is 23.0 Å². The lowest BCUT2D eigenvalue weighted by Crippen LogP contribution is -2.31. The van der Waals surface area contributed by atoms with Crippen LogP contribution in [0, 0.1) is 0 Å². The van der Waals surface area contributed by atoms with Crippen LogP contribution >= 0.6 is 0 Å². The fourth-order valence-electron chi connectivity index (χ4n) is 1.77. The molecule has 2 heterocycles. The molecule has 0 bridgehead atoms. The van der Waals surface area contributed by atoms with Gasteiger partial charge in [-0.3, -0.25) is 9.78 Å². The molecule has 0 aliphatic carbocycles. The Hall–Kier alpha value is -2.50. The van der Waals surface area contributed by atoms with Crippen molar-refractivity contribution in [3.8, 4) is 0 Å². The highest BCUT2D eigenvalue weighted by Crippen LogP contribution is 2.08. The first-order valence-electron chi connectivity index (χ1n) is 6.42. The van der Waals surface area contributed by atoms with Gasteiger partial charge in [-0.15, -0.1) is 0 Å². The fraction of sp³-hybridized carbons (Fsp3) is 0.286. The molecule has 1 amide bonds. The van der Waals surface area contributed by atoms with Gasteiger partial charge in [-0.2, -0.15) is 0 Å². The molecule has 0 atom stereocenters. The van der Waals surface area contributed by atoms with E-state index in [1.165, 1.54) is 6.20 Å². The van der Waals surface area contributed by atoms with Crippen molar-refractivity contribution in [2.45, 2.75) is 13.5 Å². The molecule has 0 unspecified atom stereocenters. The highest BCUT2D eigenvalue weighted by Gasteiger charge is 2.16. The molecular formula is C14H17N5O. The number of nitrogens with one attached hydrogen (secondary N) is 1. The average molecular weight is 271 g/mol. The summed E-state index contributed by atoms with van der Waals surface area (Å²) in [6, 6.07) is 3.79. The number of nitrogens with zero attached hydrogens (tertiary/aromatic N) is 4. The third-order valence-corrected chi connectivity index (χ3v) is 2.92. The van der Waals surface area contributed by atoms with E-state index in [9.17, 15) is 4.79 Å². The minimum atomic E-state index is -0.125. The van der Waals surface area contributed by atoms with Crippen LogP contribution in [-0.2, 0) is 6.54 Å². The van der Waals surface area contributed by atoms with Gasteiger partial charge < -0.3 is 10.2 Å². The third-order valence-electron chi connectivity index (χ3n) is 2.92. The lowest BCUT2D eigenvalue weighted by Gasteiger charge is -2.20. The molecule has 0 radical (unpaired) electrons. The molecule has 0 aliphatic heterocycles. The summed E-state index contributed by atoms with van der Waals surface area (Å²) in [5.74, 6) is 0.512. The van der Waals surface area contributed by atoms with Crippen molar-refractivity contribution >= 4 is 11.7 Å². The van der Waals surface area contributed by atoms with Crippen LogP contribution in [0.15, 0.2) is 36.9 Å². The van der Waals surface area contributed by atoms with Crippen molar-refractivity contribution in [3.05, 3.63) is 48.2 Å². The van der Waals surface area contributed by atoms with E-state index in [0.717, 1.165) is 5.56 Å². The van der Waals surface area contributed by atoms with Crippen molar-refractivity contribution in [1.82, 2.24) is 19.9 Å². The first-order chi connectivity index (χ1) is 9.74. The van der Waals surface area contributed by atoms with Gasteiger partial charge in [-0.05, 0) is 24.6 Å². The Bertz CT molecular complexity index is 556. The van der Waals surface area contributed by atoms with Gasteiger partial charge in [0.25, 0.3) is 5.91 Å². The Labute approximate surface area is 117 Å². The zero-order chi connectivity index (χ0) is 14.4. The number of carbonyl (C=O) groups excluding carboxylic acids is 1. The van der Waals surface area contributed by atoms with Crippen LogP contribution in [0.3, 0.4) is 0 Å². The standard InChI is InChI=1S/C14H17N5O/c1-3-19(10-11-4-6-16-7-5-11)14(20)12-8-18-13(15-2)9-17-12/h4-9H,3,10H2,1-2H3,(H,15,18). The predicted molar refractivity (Wildman–Crippen MR) is 76.2 cm³/mol. The van der Waals surface area contributed by atoms with E-state index in [1.807, 2.05) is 19.1 Å². The van der Waals surface area contributed by atoms with Gasteiger partial charge in [0.15, 0.2) is 0 Å². The molecule has 0 fully saturated rings. The second-order valence-corrected chi connectivity index (χ2v) is 4.21. The Morgan fingerprint density at radius 3 is 2.55 bits per heavy atom. The molecule has 0 spiro atoms. The molecule has 2 rings (SSSR count). The number of aromatic nitrogens is 3. The first-order valence-corrected chi connectivity index (χ1v) is 6.42. The van der Waals surface area contributed by atoms with Gasteiger partial charge in [-0.1, -0.05) is 0 Å². The monoisotopic (exact) mass is 271 g/mol. The predicted octanol–water partition coefficient (Wildman–Crippen LogP) is 1.58. The number of rotatable bonds is 5. The summed E-state index contributed by atoms with van der Waals surface area (Å²) >= 11 is 0. The molecule has 2 aromatic heterocycles. The van der Waals surface area contributed by atoms with E-state index >= 15 is 0 Å². The average Bonchev–Trinajstić information content (AvgIpc) is 2.53. The molecule has 0 aromatic carbocycles. The summed E-state index contributed by atoms with van der Waals surface area (Å²) in [6.07, 6.45) is 6.47. The van der Waals surface area contributed by atoms with Gasteiger partial charge in [0, 0.05) is 32.5 Å². The summed E-state index contributed by atoms with van der Waals surface area (Å²) in [7, 11) is 1.76. The topological polar surface area (TPSA) is 71.0 Å². The molecule has 104 valence electrons. The maximum atomic E-state index is 12.4. The van der Waals surface area contributed by atoms with Crippen LogP contribution in [0.5, 0.6) is 0 Å². The Balaban J connectivity index is 2.12. The SMILES string of the molecule is CCN(Cc1ccncc1)C(=O)c1cnc(NC)cn1. The zero-order valence-electron chi connectivity index (χ0n) is 11.6. The van der Waals surface area contributed by atoms with Crippen molar-refractivity contribution in [1.29, 1.82) is 0 Å². The van der Waals surface area contributed by atoms with E-state index in [-0.39, 0.29) is 5.91 Å². The fourth-order valence-corrected chi connectivity index (χ4v) is 1.77. The molecular weight excluding hydrogens is 254 g/mol. The summed E-state index contributed by atoms with van der Waals surface area (Å²) in [6.45, 7) is 3.08. The van der Waals surface area contributed by atoms with Crippen molar-refractivity contribution < 1.29 is 4.79 Å². The number of carbonyl (C=O) groups is 1. The number of amides is 1. The van der Waals surface area contributed by atoms with Crippen LogP contribution in [-0.4, -0.2) is 39.4 Å². The second kappa shape index (κ2) is 6.60. The number of hydrogen-bond donors (Lipinski definition) is 1. The zero-order valence-corrected chi connectivity index (χ0v) is 11.6. The van der Waals surface area contributed by atoms with E-state index in [1.54, 1.807) is 30.5 Å². The highest BCUT2D eigenvalue weighted by atomic mass is 16.2. The normalized spacial score (nSPS) is 10.1. The minimum Gasteiger partial charge on any atom is -0.372 e. The summed E-state index contributed by atoms with van der Waals surface area (Å²) < 4.78 is 0. The minimum absolute atomic E-state index is 0.125. The quantitative estimate of drug-likeness (QED) is 0.894. The van der Waals surface area contributed by atoms with Gasteiger partial charge in [0.1, 0.15) is 11.5 Å². The van der Waals surface area contributed by atoms with E-state index in [2.05, 4.69) is 20.3 Å². The maximum Gasteiger partial charge on any atom is 0.274 e. The molecule has 0 saturated carbocycles. The Morgan fingerprint density at radius 1 is 1.25 bits per heavy atom. The van der Waals surface area contributed by atoms with Gasteiger partial charge in [-0.25, -0.2) is 9.97 Å². The van der Waals surface area contributed by atoms with Crippen molar-refractivity contribution in [2.75, 3.05) is 18.9 Å². The van der Waals surface area contributed by atoms with E-state index < -0.39 is 0 Å². The van der Waals surface area contributed by atoms with E-state index in [0.29, 0.717) is 24.6 Å². The molecule has 0 aliphatic rings. The summed E-state index contributed by atoms with van der Waals surface area (Å²) in [5, 5.41) is 2.87. The second-order valence-electron chi connectivity index (χ2n) is 4.21. The number of pyridine rings is 1. The van der Waals surface area contributed by atoms with Crippen molar-refractivity contribution in [2.24, 2.45) is 0 Å². The van der Waals surface area contributed by atoms with Crippen molar-refractivity contribution in [3.63, 3.8) is 0 Å². The Morgan fingerprint density at radius 2 is 2.00 bits per heavy atom. The summed E-state index contributed by atoms with van der Waals surface area (Å²) in [4.78, 5) is 26.3. The first kappa shape index (κ1) is 13.9. The third kappa shape index (κ3) is 3.28. The van der Waals surface area contributed by atoms with Crippen LogP contribution in [0.25, 0.3) is 0 Å².